The molecule has 0 aliphatic rings. The smallest absolute Gasteiger partial charge is 0.228 e. The van der Waals surface area contributed by atoms with Gasteiger partial charge in [-0.05, 0) is 42.2 Å². The molecular weight excluding hydrogens is 307 g/mol. The lowest BCUT2D eigenvalue weighted by Gasteiger charge is -2.11. The molecule has 0 bridgehead atoms. The minimum absolute atomic E-state index is 0.0498. The summed E-state index contributed by atoms with van der Waals surface area (Å²) < 4.78 is 13.6. The Balaban J connectivity index is 2.03. The van der Waals surface area contributed by atoms with Gasteiger partial charge in [-0.25, -0.2) is 4.39 Å². The largest absolute Gasteiger partial charge is 0.359 e. The third kappa shape index (κ3) is 4.91. The fraction of sp³-hybridized carbons (Fsp3) is 0.263. The van der Waals surface area contributed by atoms with Crippen molar-refractivity contribution in [3.8, 4) is 0 Å². The van der Waals surface area contributed by atoms with Crippen LogP contribution >= 0.6 is 0 Å². The second-order valence-electron chi connectivity index (χ2n) is 5.64. The van der Waals surface area contributed by atoms with Crippen molar-refractivity contribution in [1.29, 1.82) is 0 Å². The lowest BCUT2D eigenvalue weighted by Crippen LogP contribution is -2.19. The molecule has 2 rings (SSSR count). The third-order valence-electron chi connectivity index (χ3n) is 3.79. The monoisotopic (exact) mass is 328 g/mol. The Morgan fingerprint density at radius 2 is 1.83 bits per heavy atom. The van der Waals surface area contributed by atoms with Crippen molar-refractivity contribution in [3.05, 3.63) is 65.0 Å². The van der Waals surface area contributed by atoms with Gasteiger partial charge in [0.1, 0.15) is 5.82 Å². The molecule has 0 atom stereocenters. The molecule has 0 saturated carbocycles. The molecule has 24 heavy (non-hydrogen) atoms. The number of halogens is 1. The molecule has 4 nitrogen and oxygen atoms in total. The zero-order valence-electron chi connectivity index (χ0n) is 13.9. The number of aryl methyl sites for hydroxylation is 2. The van der Waals surface area contributed by atoms with Crippen molar-refractivity contribution < 1.29 is 14.0 Å². The molecule has 2 amide bonds. The second kappa shape index (κ2) is 8.24. The van der Waals surface area contributed by atoms with Gasteiger partial charge in [0.05, 0.1) is 6.42 Å². The third-order valence-corrected chi connectivity index (χ3v) is 3.79. The SMILES string of the molecule is CNC(=O)CCc1ccccc1NC(=O)Cc1ccc(C)c(F)c1. The molecule has 0 saturated heterocycles. The maximum atomic E-state index is 13.6. The number of carbonyl (C=O) groups excluding carboxylic acids is 2. The Labute approximate surface area is 141 Å². The van der Waals surface area contributed by atoms with Gasteiger partial charge in [-0.2, -0.15) is 0 Å². The molecular formula is C19H21FN2O2. The normalized spacial score (nSPS) is 10.3. The molecule has 0 radical (unpaired) electrons. The second-order valence-corrected chi connectivity index (χ2v) is 5.64. The minimum Gasteiger partial charge on any atom is -0.359 e. The van der Waals surface area contributed by atoms with E-state index in [1.54, 1.807) is 32.2 Å². The van der Waals surface area contributed by atoms with Gasteiger partial charge in [0.2, 0.25) is 11.8 Å². The molecule has 0 fully saturated rings. The van der Waals surface area contributed by atoms with Crippen molar-refractivity contribution in [1.82, 2.24) is 5.32 Å². The van der Waals surface area contributed by atoms with Gasteiger partial charge in [-0.15, -0.1) is 0 Å². The fourth-order valence-corrected chi connectivity index (χ4v) is 2.36. The van der Waals surface area contributed by atoms with Gasteiger partial charge >= 0.3 is 0 Å². The first-order valence-electron chi connectivity index (χ1n) is 7.83. The highest BCUT2D eigenvalue weighted by atomic mass is 19.1. The number of amides is 2. The molecule has 2 aromatic carbocycles. The van der Waals surface area contributed by atoms with E-state index >= 15 is 0 Å². The fourth-order valence-electron chi connectivity index (χ4n) is 2.36. The number of nitrogens with one attached hydrogen (secondary N) is 2. The van der Waals surface area contributed by atoms with Crippen LogP contribution in [0.5, 0.6) is 0 Å². The van der Waals surface area contributed by atoms with E-state index in [9.17, 15) is 14.0 Å². The zero-order chi connectivity index (χ0) is 17.5. The molecule has 5 heteroatoms. The van der Waals surface area contributed by atoms with Crippen LogP contribution in [0.4, 0.5) is 10.1 Å². The van der Waals surface area contributed by atoms with E-state index < -0.39 is 0 Å². The first kappa shape index (κ1) is 17.7. The Kier molecular flexibility index (Phi) is 6.07. The highest BCUT2D eigenvalue weighted by molar-refractivity contribution is 5.93. The van der Waals surface area contributed by atoms with E-state index in [1.165, 1.54) is 6.07 Å². The van der Waals surface area contributed by atoms with Crippen molar-refractivity contribution in [2.24, 2.45) is 0 Å². The molecule has 0 aliphatic carbocycles. The van der Waals surface area contributed by atoms with Crippen LogP contribution in [0, 0.1) is 12.7 Å². The van der Waals surface area contributed by atoms with Crippen LogP contribution in [0.2, 0.25) is 0 Å². The number of para-hydroxylation sites is 1. The molecule has 0 aromatic heterocycles. The van der Waals surface area contributed by atoms with E-state index in [2.05, 4.69) is 10.6 Å². The summed E-state index contributed by atoms with van der Waals surface area (Å²) in [4.78, 5) is 23.6. The topological polar surface area (TPSA) is 58.2 Å². The van der Waals surface area contributed by atoms with Gasteiger partial charge in [-0.1, -0.05) is 30.3 Å². The predicted octanol–water partition coefficient (Wildman–Crippen LogP) is 2.99. The molecule has 0 heterocycles. The number of rotatable bonds is 6. The van der Waals surface area contributed by atoms with Crippen LogP contribution in [-0.2, 0) is 22.4 Å². The summed E-state index contributed by atoms with van der Waals surface area (Å²) in [7, 11) is 1.59. The lowest BCUT2D eigenvalue weighted by atomic mass is 10.1. The maximum Gasteiger partial charge on any atom is 0.228 e. The van der Waals surface area contributed by atoms with Gasteiger partial charge < -0.3 is 10.6 Å². The van der Waals surface area contributed by atoms with Crippen LogP contribution in [0.15, 0.2) is 42.5 Å². The first-order chi connectivity index (χ1) is 11.5. The van der Waals surface area contributed by atoms with E-state index in [1.807, 2.05) is 18.2 Å². The predicted molar refractivity (Wildman–Crippen MR) is 92.3 cm³/mol. The Bertz CT molecular complexity index is 744. The number of hydrogen-bond donors (Lipinski definition) is 2. The zero-order valence-corrected chi connectivity index (χ0v) is 13.9. The Morgan fingerprint density at radius 3 is 2.54 bits per heavy atom. The summed E-state index contributed by atoms with van der Waals surface area (Å²) in [5.41, 5.74) is 2.75. The highest BCUT2D eigenvalue weighted by Crippen LogP contribution is 2.18. The maximum absolute atomic E-state index is 13.6. The first-order valence-corrected chi connectivity index (χ1v) is 7.83. The quantitative estimate of drug-likeness (QED) is 0.856. The highest BCUT2D eigenvalue weighted by Gasteiger charge is 2.10. The summed E-state index contributed by atoms with van der Waals surface area (Å²) in [6.45, 7) is 1.68. The molecule has 0 spiro atoms. The molecule has 2 N–H and O–H groups in total. The molecule has 2 aromatic rings. The standard InChI is InChI=1S/C19H21FN2O2/c1-13-7-8-14(11-16(13)20)12-19(24)22-17-6-4-3-5-15(17)9-10-18(23)21-2/h3-8,11H,9-10,12H2,1-2H3,(H,21,23)(H,22,24). The average molecular weight is 328 g/mol. The van der Waals surface area contributed by atoms with Crippen molar-refractivity contribution in [2.75, 3.05) is 12.4 Å². The number of benzene rings is 2. The number of anilines is 1. The van der Waals surface area contributed by atoms with Crippen molar-refractivity contribution in [2.45, 2.75) is 26.2 Å². The summed E-state index contributed by atoms with van der Waals surface area (Å²) in [5.74, 6) is -0.580. The van der Waals surface area contributed by atoms with Gasteiger partial charge in [0.25, 0.3) is 0 Å². The van der Waals surface area contributed by atoms with E-state index in [0.29, 0.717) is 29.7 Å². The van der Waals surface area contributed by atoms with Crippen molar-refractivity contribution >= 4 is 17.5 Å². The summed E-state index contributed by atoms with van der Waals surface area (Å²) in [6.07, 6.45) is 0.989. The molecule has 126 valence electrons. The van der Waals surface area contributed by atoms with Crippen LogP contribution in [0.3, 0.4) is 0 Å². The van der Waals surface area contributed by atoms with Crippen LogP contribution in [0.1, 0.15) is 23.1 Å². The van der Waals surface area contributed by atoms with Crippen LogP contribution in [-0.4, -0.2) is 18.9 Å². The van der Waals surface area contributed by atoms with Gasteiger partial charge in [-0.3, -0.25) is 9.59 Å². The minimum atomic E-state index is -0.314. The summed E-state index contributed by atoms with van der Waals surface area (Å²) in [5, 5.41) is 5.42. The van der Waals surface area contributed by atoms with Crippen LogP contribution < -0.4 is 10.6 Å². The summed E-state index contributed by atoms with van der Waals surface area (Å²) in [6, 6.07) is 12.2. The Morgan fingerprint density at radius 1 is 1.08 bits per heavy atom. The molecule has 0 aliphatic heterocycles. The van der Waals surface area contributed by atoms with E-state index in [0.717, 1.165) is 5.56 Å². The number of hydrogen-bond acceptors (Lipinski definition) is 2. The lowest BCUT2D eigenvalue weighted by molar-refractivity contribution is -0.120. The Hall–Kier alpha value is -2.69. The van der Waals surface area contributed by atoms with Crippen molar-refractivity contribution in [3.63, 3.8) is 0 Å². The van der Waals surface area contributed by atoms with Crippen LogP contribution in [0.25, 0.3) is 0 Å². The van der Waals surface area contributed by atoms with E-state index in [-0.39, 0.29) is 24.1 Å². The summed E-state index contributed by atoms with van der Waals surface area (Å²) >= 11 is 0. The molecule has 0 unspecified atom stereocenters. The van der Waals surface area contributed by atoms with Gasteiger partial charge in [0, 0.05) is 19.2 Å². The average Bonchev–Trinajstić information content (AvgIpc) is 2.57. The van der Waals surface area contributed by atoms with Gasteiger partial charge in [0.15, 0.2) is 0 Å². The number of carbonyl (C=O) groups is 2. The van der Waals surface area contributed by atoms with E-state index in [4.69, 9.17) is 0 Å².